The molecule has 0 spiro atoms. The first-order valence-electron chi connectivity index (χ1n) is 5.83. The van der Waals surface area contributed by atoms with Gasteiger partial charge in [-0.25, -0.2) is 0 Å². The number of carbonyl (C=O) groups excluding carboxylic acids is 1. The molecule has 0 bridgehead atoms. The summed E-state index contributed by atoms with van der Waals surface area (Å²) in [6.45, 7) is 4.31. The van der Waals surface area contributed by atoms with E-state index >= 15 is 0 Å². The first-order chi connectivity index (χ1) is 8.60. The predicted octanol–water partition coefficient (Wildman–Crippen LogP) is 2.44. The molecule has 0 heterocycles. The minimum atomic E-state index is -0.114. The second kappa shape index (κ2) is 6.69. The maximum atomic E-state index is 12.0. The van der Waals surface area contributed by atoms with Gasteiger partial charge in [0.2, 0.25) is 0 Å². The van der Waals surface area contributed by atoms with Crippen LogP contribution in [0.2, 0.25) is 0 Å². The Morgan fingerprint density at radius 3 is 2.83 bits per heavy atom. The van der Waals surface area contributed by atoms with Gasteiger partial charge in [-0.15, -0.1) is 6.58 Å². The van der Waals surface area contributed by atoms with Crippen LogP contribution < -0.4 is 4.74 Å². The molecule has 1 N–H and O–H groups in total. The third kappa shape index (κ3) is 3.52. The van der Waals surface area contributed by atoms with E-state index in [-0.39, 0.29) is 11.7 Å². The molecule has 0 aromatic heterocycles. The Labute approximate surface area is 107 Å². The molecule has 1 rings (SSSR count). The number of amides is 1. The van der Waals surface area contributed by atoms with Crippen LogP contribution in [0.4, 0.5) is 0 Å². The van der Waals surface area contributed by atoms with E-state index in [4.69, 9.17) is 4.74 Å². The lowest BCUT2D eigenvalue weighted by Gasteiger charge is -2.17. The minimum Gasteiger partial charge on any atom is -0.504 e. The summed E-state index contributed by atoms with van der Waals surface area (Å²) in [4.78, 5) is 13.7. The molecule has 0 atom stereocenters. The molecule has 0 aliphatic rings. The van der Waals surface area contributed by atoms with Crippen molar-refractivity contribution in [1.29, 1.82) is 0 Å². The monoisotopic (exact) mass is 249 g/mol. The maximum absolute atomic E-state index is 12.0. The SMILES string of the molecule is C=CCCCN(C)C(=O)c1ccc(OC)c(O)c1. The summed E-state index contributed by atoms with van der Waals surface area (Å²) < 4.78 is 4.93. The van der Waals surface area contributed by atoms with Crippen molar-refractivity contribution in [3.05, 3.63) is 36.4 Å². The molecule has 0 aliphatic carbocycles. The lowest BCUT2D eigenvalue weighted by molar-refractivity contribution is 0.0793. The summed E-state index contributed by atoms with van der Waals surface area (Å²) in [6.07, 6.45) is 3.59. The van der Waals surface area contributed by atoms with Crippen molar-refractivity contribution in [3.63, 3.8) is 0 Å². The zero-order chi connectivity index (χ0) is 13.5. The van der Waals surface area contributed by atoms with Gasteiger partial charge in [0, 0.05) is 19.2 Å². The topological polar surface area (TPSA) is 49.8 Å². The second-order valence-corrected chi connectivity index (χ2v) is 4.04. The number of benzene rings is 1. The predicted molar refractivity (Wildman–Crippen MR) is 71.1 cm³/mol. The Hall–Kier alpha value is -1.97. The van der Waals surface area contributed by atoms with E-state index in [1.54, 1.807) is 24.1 Å². The number of hydrogen-bond acceptors (Lipinski definition) is 3. The molecule has 0 aliphatic heterocycles. The fourth-order valence-corrected chi connectivity index (χ4v) is 1.62. The van der Waals surface area contributed by atoms with Gasteiger partial charge >= 0.3 is 0 Å². The van der Waals surface area contributed by atoms with E-state index < -0.39 is 0 Å². The molecule has 0 unspecified atom stereocenters. The highest BCUT2D eigenvalue weighted by Gasteiger charge is 2.13. The molecule has 1 amide bonds. The number of methoxy groups -OCH3 is 1. The number of aromatic hydroxyl groups is 1. The normalized spacial score (nSPS) is 9.89. The van der Waals surface area contributed by atoms with Crippen molar-refractivity contribution in [2.24, 2.45) is 0 Å². The third-order valence-electron chi connectivity index (χ3n) is 2.67. The van der Waals surface area contributed by atoms with Crippen molar-refractivity contribution >= 4 is 5.91 Å². The van der Waals surface area contributed by atoms with Gasteiger partial charge in [0.1, 0.15) is 0 Å². The van der Waals surface area contributed by atoms with Gasteiger partial charge in [0.05, 0.1) is 7.11 Å². The summed E-state index contributed by atoms with van der Waals surface area (Å²) in [5, 5.41) is 9.63. The Morgan fingerprint density at radius 2 is 2.28 bits per heavy atom. The van der Waals surface area contributed by atoms with Crippen LogP contribution in [-0.2, 0) is 0 Å². The van der Waals surface area contributed by atoms with Gasteiger partial charge in [-0.2, -0.15) is 0 Å². The first-order valence-corrected chi connectivity index (χ1v) is 5.83. The smallest absolute Gasteiger partial charge is 0.253 e. The van der Waals surface area contributed by atoms with E-state index in [0.717, 1.165) is 12.8 Å². The Morgan fingerprint density at radius 1 is 1.56 bits per heavy atom. The Kier molecular flexibility index (Phi) is 5.24. The van der Waals surface area contributed by atoms with E-state index in [2.05, 4.69) is 6.58 Å². The Balaban J connectivity index is 2.71. The number of phenolic OH excluding ortho intramolecular Hbond substituents is 1. The molecular formula is C14H19NO3. The van der Waals surface area contributed by atoms with E-state index in [9.17, 15) is 9.90 Å². The molecule has 4 nitrogen and oxygen atoms in total. The lowest BCUT2D eigenvalue weighted by atomic mass is 10.1. The second-order valence-electron chi connectivity index (χ2n) is 4.04. The standard InChI is InChI=1S/C14H19NO3/c1-4-5-6-9-15(2)14(17)11-7-8-13(18-3)12(16)10-11/h4,7-8,10,16H,1,5-6,9H2,2-3H3. The number of unbranched alkanes of at least 4 members (excludes halogenated alkanes) is 1. The van der Waals surface area contributed by atoms with E-state index in [0.29, 0.717) is 17.9 Å². The largest absolute Gasteiger partial charge is 0.504 e. The summed E-state index contributed by atoms with van der Waals surface area (Å²) >= 11 is 0. The van der Waals surface area contributed by atoms with Gasteiger partial charge in [0.25, 0.3) is 5.91 Å². The summed E-state index contributed by atoms with van der Waals surface area (Å²) in [7, 11) is 3.21. The van der Waals surface area contributed by atoms with Crippen LogP contribution in [-0.4, -0.2) is 36.6 Å². The highest BCUT2D eigenvalue weighted by molar-refractivity contribution is 5.94. The minimum absolute atomic E-state index is 0.0251. The molecule has 18 heavy (non-hydrogen) atoms. The first kappa shape index (κ1) is 14.1. The summed E-state index contributed by atoms with van der Waals surface area (Å²) in [6, 6.07) is 4.65. The Bertz CT molecular complexity index is 429. The van der Waals surface area contributed by atoms with Crippen molar-refractivity contribution in [2.75, 3.05) is 20.7 Å². The van der Waals surface area contributed by atoms with Crippen molar-refractivity contribution in [2.45, 2.75) is 12.8 Å². The number of nitrogens with zero attached hydrogens (tertiary/aromatic N) is 1. The average molecular weight is 249 g/mol. The van der Waals surface area contributed by atoms with Crippen LogP contribution in [0.15, 0.2) is 30.9 Å². The zero-order valence-electron chi connectivity index (χ0n) is 10.8. The number of allylic oxidation sites excluding steroid dienone is 1. The number of rotatable bonds is 6. The van der Waals surface area contributed by atoms with Gasteiger partial charge in [-0.1, -0.05) is 6.08 Å². The molecule has 4 heteroatoms. The number of ether oxygens (including phenoxy) is 1. The van der Waals surface area contributed by atoms with Crippen LogP contribution in [0, 0.1) is 0 Å². The number of hydrogen-bond donors (Lipinski definition) is 1. The quantitative estimate of drug-likeness (QED) is 0.622. The molecule has 98 valence electrons. The van der Waals surface area contributed by atoms with E-state index in [1.165, 1.54) is 13.2 Å². The molecule has 0 saturated heterocycles. The molecular weight excluding hydrogens is 230 g/mol. The van der Waals surface area contributed by atoms with Crippen LogP contribution >= 0.6 is 0 Å². The zero-order valence-corrected chi connectivity index (χ0v) is 10.8. The van der Waals surface area contributed by atoms with Gasteiger partial charge < -0.3 is 14.7 Å². The van der Waals surface area contributed by atoms with Crippen molar-refractivity contribution in [3.8, 4) is 11.5 Å². The molecule has 0 radical (unpaired) electrons. The average Bonchev–Trinajstić information content (AvgIpc) is 2.38. The van der Waals surface area contributed by atoms with Crippen LogP contribution in [0.5, 0.6) is 11.5 Å². The highest BCUT2D eigenvalue weighted by Crippen LogP contribution is 2.26. The van der Waals surface area contributed by atoms with Crippen LogP contribution in [0.3, 0.4) is 0 Å². The highest BCUT2D eigenvalue weighted by atomic mass is 16.5. The molecule has 0 saturated carbocycles. The molecule has 1 aromatic carbocycles. The fourth-order valence-electron chi connectivity index (χ4n) is 1.62. The van der Waals surface area contributed by atoms with Crippen LogP contribution in [0.1, 0.15) is 23.2 Å². The molecule has 1 aromatic rings. The van der Waals surface area contributed by atoms with E-state index in [1.807, 2.05) is 6.08 Å². The molecule has 0 fully saturated rings. The van der Waals surface area contributed by atoms with Gasteiger partial charge in [-0.05, 0) is 31.0 Å². The maximum Gasteiger partial charge on any atom is 0.253 e. The third-order valence-corrected chi connectivity index (χ3v) is 2.67. The lowest BCUT2D eigenvalue weighted by Crippen LogP contribution is -2.27. The van der Waals surface area contributed by atoms with Crippen molar-refractivity contribution < 1.29 is 14.6 Å². The number of carbonyl (C=O) groups is 1. The fraction of sp³-hybridized carbons (Fsp3) is 0.357. The summed E-state index contributed by atoms with van der Waals surface area (Å²) in [5.41, 5.74) is 0.453. The number of phenols is 1. The van der Waals surface area contributed by atoms with Crippen molar-refractivity contribution in [1.82, 2.24) is 4.90 Å². The van der Waals surface area contributed by atoms with Gasteiger partial charge in [-0.3, -0.25) is 4.79 Å². The van der Waals surface area contributed by atoms with Crippen LogP contribution in [0.25, 0.3) is 0 Å². The summed E-state index contributed by atoms with van der Waals surface area (Å²) in [5.74, 6) is 0.223. The van der Waals surface area contributed by atoms with Gasteiger partial charge in [0.15, 0.2) is 11.5 Å².